The summed E-state index contributed by atoms with van der Waals surface area (Å²) in [5.41, 5.74) is 7.78. The van der Waals surface area contributed by atoms with Gasteiger partial charge in [0.1, 0.15) is 29.4 Å². The third kappa shape index (κ3) is 4.86. The Morgan fingerprint density at radius 2 is 1.88 bits per heavy atom. The highest BCUT2D eigenvalue weighted by atomic mass is 16.5. The predicted octanol–water partition coefficient (Wildman–Crippen LogP) is 1.29. The average Bonchev–Trinajstić information content (AvgIpc) is 2.87. The molecular weight excluding hydrogens is 516 g/mol. The number of hydrogen-bond acceptors (Lipinski definition) is 10. The summed E-state index contributed by atoms with van der Waals surface area (Å²) in [5, 5.41) is 25.6. The van der Waals surface area contributed by atoms with Gasteiger partial charge in [0.15, 0.2) is 11.6 Å². The zero-order chi connectivity index (χ0) is 29.5. The topological polar surface area (TPSA) is 155 Å². The van der Waals surface area contributed by atoms with Crippen molar-refractivity contribution < 1.29 is 34.1 Å². The van der Waals surface area contributed by atoms with Crippen LogP contribution in [0.2, 0.25) is 0 Å². The number of benzene rings is 1. The number of aromatic hydroxyl groups is 1. The third-order valence-electron chi connectivity index (χ3n) is 8.19. The number of nitrogens with one attached hydrogen (secondary N) is 1. The van der Waals surface area contributed by atoms with E-state index in [9.17, 15) is 24.6 Å². The van der Waals surface area contributed by atoms with Gasteiger partial charge < -0.3 is 35.6 Å². The Bertz CT molecular complexity index is 1280. The normalized spacial score (nSPS) is 24.2. The van der Waals surface area contributed by atoms with Crippen molar-refractivity contribution >= 4 is 23.2 Å². The van der Waals surface area contributed by atoms with Gasteiger partial charge in [-0.2, -0.15) is 0 Å². The molecule has 5 N–H and O–H groups in total. The van der Waals surface area contributed by atoms with E-state index in [0.29, 0.717) is 37.1 Å². The smallest absolute Gasteiger partial charge is 0.255 e. The molecule has 0 spiro atoms. The van der Waals surface area contributed by atoms with Gasteiger partial charge in [0, 0.05) is 44.6 Å². The first-order valence-electron chi connectivity index (χ1n) is 13.6. The largest absolute Gasteiger partial charge is 0.510 e. The SMILES string of the molecule is CCNCc1cc(N(C)C)c2c(c1O)C(=O)C1=C(OCCOC)C3C(=O)C(C(N)=O)=C(O)C(N(C)C)C3CC1C2. The standard InChI is InChI=1S/C29H40N4O7/c1-7-31-13-15-12-18(32(2)3)16-10-14-11-17-21(26(36)22(29(30)38)27(37)23(17)33(4)5)28(40-9-8-39-6)19(14)25(35)20(16)24(15)34/h12,14,17,21,23,31,34,37H,7-11,13H2,1-6H3,(H2,30,38). The molecule has 1 amide bonds. The van der Waals surface area contributed by atoms with Crippen LogP contribution in [0.15, 0.2) is 28.7 Å². The monoisotopic (exact) mass is 556 g/mol. The fourth-order valence-electron chi connectivity index (χ4n) is 6.54. The zero-order valence-electron chi connectivity index (χ0n) is 24.0. The van der Waals surface area contributed by atoms with Crippen LogP contribution in [0.4, 0.5) is 5.69 Å². The fraction of sp³-hybridized carbons (Fsp3) is 0.552. The number of nitrogens with two attached hydrogens (primary N) is 1. The molecule has 1 aromatic rings. The first kappa shape index (κ1) is 29.6. The van der Waals surface area contributed by atoms with Crippen LogP contribution in [0, 0.1) is 17.8 Å². The molecule has 0 bridgehead atoms. The van der Waals surface area contributed by atoms with Gasteiger partial charge in [-0.15, -0.1) is 0 Å². The molecule has 0 saturated carbocycles. The molecule has 0 saturated heterocycles. The number of phenolic OH excluding ortho intramolecular Hbond substituents is 1. The third-order valence-corrected chi connectivity index (χ3v) is 8.19. The minimum Gasteiger partial charge on any atom is -0.510 e. The summed E-state index contributed by atoms with van der Waals surface area (Å²) < 4.78 is 11.3. The molecule has 4 rings (SSSR count). The van der Waals surface area contributed by atoms with Crippen molar-refractivity contribution in [3.8, 4) is 5.75 Å². The van der Waals surface area contributed by atoms with E-state index in [4.69, 9.17) is 15.2 Å². The number of methoxy groups -OCH3 is 1. The van der Waals surface area contributed by atoms with Crippen LogP contribution >= 0.6 is 0 Å². The quantitative estimate of drug-likeness (QED) is 0.245. The predicted molar refractivity (Wildman–Crippen MR) is 149 cm³/mol. The number of anilines is 1. The van der Waals surface area contributed by atoms with Gasteiger partial charge in [-0.1, -0.05) is 6.92 Å². The number of phenols is 1. The second-order valence-corrected chi connectivity index (χ2v) is 11.1. The van der Waals surface area contributed by atoms with Gasteiger partial charge in [-0.05, 0) is 56.9 Å². The van der Waals surface area contributed by atoms with Crippen molar-refractivity contribution in [3.05, 3.63) is 45.4 Å². The number of aliphatic hydroxyl groups excluding tert-OH is 1. The lowest BCUT2D eigenvalue weighted by Crippen LogP contribution is -2.53. The number of aliphatic hydroxyl groups is 1. The van der Waals surface area contributed by atoms with Crippen LogP contribution in [-0.2, 0) is 32.0 Å². The van der Waals surface area contributed by atoms with E-state index >= 15 is 0 Å². The number of hydrogen-bond donors (Lipinski definition) is 4. The van der Waals surface area contributed by atoms with E-state index in [2.05, 4.69) is 5.32 Å². The van der Waals surface area contributed by atoms with Crippen molar-refractivity contribution in [1.29, 1.82) is 0 Å². The number of carbonyl (C=O) groups excluding carboxylic acids is 3. The van der Waals surface area contributed by atoms with Gasteiger partial charge in [0.05, 0.1) is 24.1 Å². The Labute approximate surface area is 234 Å². The molecule has 3 aliphatic rings. The van der Waals surface area contributed by atoms with Crippen LogP contribution in [0.5, 0.6) is 5.75 Å². The molecular formula is C29H40N4O7. The van der Waals surface area contributed by atoms with Crippen LogP contribution in [0.1, 0.15) is 34.8 Å². The second-order valence-electron chi connectivity index (χ2n) is 11.1. The summed E-state index contributed by atoms with van der Waals surface area (Å²) >= 11 is 0. The van der Waals surface area contributed by atoms with E-state index < -0.39 is 40.9 Å². The maximum atomic E-state index is 14.3. The van der Waals surface area contributed by atoms with Crippen molar-refractivity contribution in [1.82, 2.24) is 10.2 Å². The number of ketones is 2. The fourth-order valence-corrected chi connectivity index (χ4v) is 6.54. The number of rotatable bonds is 10. The van der Waals surface area contributed by atoms with Crippen LogP contribution in [0.3, 0.4) is 0 Å². The molecule has 0 heterocycles. The molecule has 40 heavy (non-hydrogen) atoms. The van der Waals surface area contributed by atoms with Crippen molar-refractivity contribution in [2.45, 2.75) is 32.4 Å². The number of carbonyl (C=O) groups is 3. The number of primary amides is 1. The molecule has 11 nitrogen and oxygen atoms in total. The highest BCUT2D eigenvalue weighted by molar-refractivity contribution is 6.22. The lowest BCUT2D eigenvalue weighted by Gasteiger charge is -2.47. The highest BCUT2D eigenvalue weighted by Crippen LogP contribution is 2.52. The molecule has 0 aliphatic heterocycles. The molecule has 0 fully saturated rings. The van der Waals surface area contributed by atoms with Gasteiger partial charge in [0.2, 0.25) is 0 Å². The molecule has 4 atom stereocenters. The number of allylic oxidation sites excluding steroid dienone is 2. The van der Waals surface area contributed by atoms with Gasteiger partial charge in [-0.25, -0.2) is 0 Å². The second kappa shape index (κ2) is 11.6. The molecule has 3 aliphatic carbocycles. The Kier molecular flexibility index (Phi) is 8.57. The lowest BCUT2D eigenvalue weighted by molar-refractivity contribution is -0.128. The van der Waals surface area contributed by atoms with Crippen LogP contribution < -0.4 is 16.0 Å². The van der Waals surface area contributed by atoms with E-state index in [1.807, 2.05) is 32.0 Å². The molecule has 1 aromatic carbocycles. The molecule has 0 radical (unpaired) electrons. The average molecular weight is 557 g/mol. The van der Waals surface area contributed by atoms with E-state index in [1.165, 1.54) is 7.11 Å². The minimum absolute atomic E-state index is 0.0717. The molecule has 4 unspecified atom stereocenters. The Morgan fingerprint density at radius 1 is 1.18 bits per heavy atom. The Morgan fingerprint density at radius 3 is 2.45 bits per heavy atom. The first-order valence-corrected chi connectivity index (χ1v) is 13.6. The van der Waals surface area contributed by atoms with Gasteiger partial charge in [0.25, 0.3) is 5.91 Å². The number of likely N-dealkylation sites (N-methyl/N-ethyl adjacent to an activating group) is 1. The molecule has 11 heteroatoms. The Balaban J connectivity index is 1.97. The van der Waals surface area contributed by atoms with Crippen molar-refractivity contribution in [3.63, 3.8) is 0 Å². The summed E-state index contributed by atoms with van der Waals surface area (Å²) in [4.78, 5) is 44.1. The van der Waals surface area contributed by atoms with Crippen LogP contribution in [-0.4, -0.2) is 93.7 Å². The van der Waals surface area contributed by atoms with E-state index in [-0.39, 0.29) is 42.0 Å². The van der Waals surface area contributed by atoms with Gasteiger partial charge in [-0.3, -0.25) is 19.3 Å². The molecule has 0 aromatic heterocycles. The maximum absolute atomic E-state index is 14.3. The number of ether oxygens (including phenoxy) is 2. The maximum Gasteiger partial charge on any atom is 0.255 e. The number of nitrogens with zero attached hydrogens (tertiary/aromatic N) is 2. The van der Waals surface area contributed by atoms with E-state index in [1.54, 1.807) is 19.0 Å². The van der Waals surface area contributed by atoms with E-state index in [0.717, 1.165) is 11.3 Å². The zero-order valence-corrected chi connectivity index (χ0v) is 24.0. The first-order chi connectivity index (χ1) is 19.0. The summed E-state index contributed by atoms with van der Waals surface area (Å²) in [6.07, 6.45) is 0.820. The Hall–Kier alpha value is -3.41. The van der Waals surface area contributed by atoms with Crippen molar-refractivity contribution in [2.24, 2.45) is 23.5 Å². The van der Waals surface area contributed by atoms with Crippen molar-refractivity contribution in [2.75, 3.05) is 60.0 Å². The lowest BCUT2D eigenvalue weighted by atomic mass is 9.60. The summed E-state index contributed by atoms with van der Waals surface area (Å²) in [5.74, 6) is -4.19. The summed E-state index contributed by atoms with van der Waals surface area (Å²) in [6, 6.07) is 1.22. The minimum atomic E-state index is -1.03. The van der Waals surface area contributed by atoms with Gasteiger partial charge >= 0.3 is 0 Å². The summed E-state index contributed by atoms with van der Waals surface area (Å²) in [7, 11) is 8.82. The van der Waals surface area contributed by atoms with Crippen LogP contribution in [0.25, 0.3) is 0 Å². The number of Topliss-reactive ketones (excluding diaryl/α,β-unsaturated/α-hetero) is 2. The molecule has 218 valence electrons. The number of amides is 1. The summed E-state index contributed by atoms with van der Waals surface area (Å²) in [6.45, 7) is 3.31. The number of fused-ring (bicyclic) bond motifs is 3. The highest BCUT2D eigenvalue weighted by Gasteiger charge is 2.55.